The first kappa shape index (κ1) is 19.9. The Bertz CT molecular complexity index is 1060. The molecule has 0 aliphatic heterocycles. The number of anilines is 2. The largest absolute Gasteiger partial charge is 0.497 e. The average molecular weight is 394 g/mol. The summed E-state index contributed by atoms with van der Waals surface area (Å²) in [6.07, 6.45) is 0. The van der Waals surface area contributed by atoms with Crippen LogP contribution in [0.25, 0.3) is 11.3 Å². The zero-order valence-electron chi connectivity index (χ0n) is 16.6. The Kier molecular flexibility index (Phi) is 5.82. The summed E-state index contributed by atoms with van der Waals surface area (Å²) in [5, 5.41) is 9.93. The molecule has 29 heavy (non-hydrogen) atoms. The predicted octanol–water partition coefficient (Wildman–Crippen LogP) is 3.32. The van der Waals surface area contributed by atoms with E-state index in [4.69, 9.17) is 9.47 Å². The maximum atomic E-state index is 12.9. The number of methoxy groups -OCH3 is 2. The molecule has 3 rings (SSSR count). The number of rotatable bonds is 6. The average Bonchev–Trinajstić information content (AvgIpc) is 3.09. The van der Waals surface area contributed by atoms with Crippen molar-refractivity contribution in [3.05, 3.63) is 54.2 Å². The van der Waals surface area contributed by atoms with Crippen molar-refractivity contribution in [1.82, 2.24) is 9.78 Å². The van der Waals surface area contributed by atoms with Crippen molar-refractivity contribution in [1.29, 1.82) is 0 Å². The fourth-order valence-corrected chi connectivity index (χ4v) is 2.88. The normalized spacial score (nSPS) is 10.3. The Morgan fingerprint density at radius 1 is 1.00 bits per heavy atom. The van der Waals surface area contributed by atoms with E-state index >= 15 is 0 Å². The Labute approximate surface area is 168 Å². The summed E-state index contributed by atoms with van der Waals surface area (Å²) in [6, 6.07) is 14.2. The predicted molar refractivity (Wildman–Crippen MR) is 110 cm³/mol. The number of ether oxygens (including phenoxy) is 2. The van der Waals surface area contributed by atoms with Crippen molar-refractivity contribution in [3.8, 4) is 22.8 Å². The standard InChI is InChI=1S/C21H22N4O4/c1-13(26)22-15-8-9-20(29-4)18(11-15)23-21(27)19-12-17(24-25(19)2)14-6-5-7-16(10-14)28-3/h5-12H,1-4H3,(H,22,26)(H,23,27). The fourth-order valence-electron chi connectivity index (χ4n) is 2.88. The lowest BCUT2D eigenvalue weighted by atomic mass is 10.1. The van der Waals surface area contributed by atoms with Gasteiger partial charge in [0.05, 0.1) is 25.6 Å². The Balaban J connectivity index is 1.88. The smallest absolute Gasteiger partial charge is 0.274 e. The van der Waals surface area contributed by atoms with E-state index in [9.17, 15) is 9.59 Å². The lowest BCUT2D eigenvalue weighted by Gasteiger charge is -2.12. The number of hydrogen-bond donors (Lipinski definition) is 2. The molecular weight excluding hydrogens is 372 g/mol. The molecule has 0 bridgehead atoms. The maximum absolute atomic E-state index is 12.9. The van der Waals surface area contributed by atoms with Crippen LogP contribution in [0.5, 0.6) is 11.5 Å². The monoisotopic (exact) mass is 394 g/mol. The third-order valence-electron chi connectivity index (χ3n) is 4.25. The highest BCUT2D eigenvalue weighted by molar-refractivity contribution is 6.05. The molecular formula is C21H22N4O4. The molecule has 0 saturated heterocycles. The molecule has 0 saturated carbocycles. The van der Waals surface area contributed by atoms with Gasteiger partial charge in [0.25, 0.3) is 5.91 Å². The van der Waals surface area contributed by atoms with Crippen LogP contribution in [0.1, 0.15) is 17.4 Å². The van der Waals surface area contributed by atoms with Crippen molar-refractivity contribution < 1.29 is 19.1 Å². The second-order valence-electron chi connectivity index (χ2n) is 6.32. The number of amides is 2. The van der Waals surface area contributed by atoms with Gasteiger partial charge in [0, 0.05) is 25.2 Å². The number of aromatic nitrogens is 2. The molecule has 1 aromatic heterocycles. The van der Waals surface area contributed by atoms with Crippen molar-refractivity contribution >= 4 is 23.2 Å². The third kappa shape index (κ3) is 4.55. The van der Waals surface area contributed by atoms with Gasteiger partial charge >= 0.3 is 0 Å². The van der Waals surface area contributed by atoms with Crippen LogP contribution in [0.15, 0.2) is 48.5 Å². The van der Waals surface area contributed by atoms with E-state index in [0.717, 1.165) is 5.56 Å². The van der Waals surface area contributed by atoms with Crippen LogP contribution in [-0.4, -0.2) is 35.8 Å². The molecule has 8 nitrogen and oxygen atoms in total. The first-order chi connectivity index (χ1) is 13.9. The summed E-state index contributed by atoms with van der Waals surface area (Å²) in [7, 11) is 4.80. The van der Waals surface area contributed by atoms with Gasteiger partial charge in [-0.25, -0.2) is 0 Å². The van der Waals surface area contributed by atoms with E-state index in [2.05, 4.69) is 15.7 Å². The molecule has 2 N–H and O–H groups in total. The number of hydrogen-bond acceptors (Lipinski definition) is 5. The summed E-state index contributed by atoms with van der Waals surface area (Å²) in [5.41, 5.74) is 2.85. The molecule has 0 unspecified atom stereocenters. The number of benzene rings is 2. The highest BCUT2D eigenvalue weighted by Gasteiger charge is 2.17. The SMILES string of the molecule is COc1cccc(-c2cc(C(=O)Nc3cc(NC(C)=O)ccc3OC)n(C)n2)c1. The zero-order valence-corrected chi connectivity index (χ0v) is 16.6. The molecule has 0 fully saturated rings. The highest BCUT2D eigenvalue weighted by Crippen LogP contribution is 2.29. The maximum Gasteiger partial charge on any atom is 0.274 e. The number of nitrogens with one attached hydrogen (secondary N) is 2. The molecule has 2 amide bonds. The Hall–Kier alpha value is -3.81. The molecule has 0 radical (unpaired) electrons. The van der Waals surface area contributed by atoms with E-state index < -0.39 is 0 Å². The lowest BCUT2D eigenvalue weighted by molar-refractivity contribution is -0.114. The van der Waals surface area contributed by atoms with Gasteiger partial charge in [0.15, 0.2) is 0 Å². The summed E-state index contributed by atoms with van der Waals surface area (Å²) < 4.78 is 12.1. The molecule has 0 atom stereocenters. The zero-order chi connectivity index (χ0) is 21.0. The molecule has 1 heterocycles. The van der Waals surface area contributed by atoms with Crippen LogP contribution in [-0.2, 0) is 11.8 Å². The minimum atomic E-state index is -0.354. The molecule has 0 aliphatic rings. The molecule has 150 valence electrons. The molecule has 0 aliphatic carbocycles. The van der Waals surface area contributed by atoms with Gasteiger partial charge in [-0.3, -0.25) is 14.3 Å². The first-order valence-corrected chi connectivity index (χ1v) is 8.86. The van der Waals surface area contributed by atoms with Crippen LogP contribution in [0, 0.1) is 0 Å². The van der Waals surface area contributed by atoms with Crippen LogP contribution < -0.4 is 20.1 Å². The van der Waals surface area contributed by atoms with Crippen LogP contribution in [0.3, 0.4) is 0 Å². The highest BCUT2D eigenvalue weighted by atomic mass is 16.5. The van der Waals surface area contributed by atoms with E-state index in [1.54, 1.807) is 38.4 Å². The molecule has 8 heteroatoms. The summed E-state index contributed by atoms with van der Waals surface area (Å²) in [5.74, 6) is 0.621. The number of carbonyl (C=O) groups is 2. The number of carbonyl (C=O) groups excluding carboxylic acids is 2. The van der Waals surface area contributed by atoms with Gasteiger partial charge in [-0.05, 0) is 36.4 Å². The lowest BCUT2D eigenvalue weighted by Crippen LogP contribution is -2.17. The van der Waals surface area contributed by atoms with Gasteiger partial charge < -0.3 is 20.1 Å². The number of nitrogens with zero attached hydrogens (tertiary/aromatic N) is 2. The Morgan fingerprint density at radius 3 is 2.48 bits per heavy atom. The van der Waals surface area contributed by atoms with Crippen molar-refractivity contribution in [2.75, 3.05) is 24.9 Å². The van der Waals surface area contributed by atoms with Crippen molar-refractivity contribution in [2.24, 2.45) is 7.05 Å². The molecule has 2 aromatic carbocycles. The van der Waals surface area contributed by atoms with Crippen molar-refractivity contribution in [3.63, 3.8) is 0 Å². The van der Waals surface area contributed by atoms with Crippen LogP contribution in [0.2, 0.25) is 0 Å². The van der Waals surface area contributed by atoms with Crippen molar-refractivity contribution in [2.45, 2.75) is 6.92 Å². The van der Waals surface area contributed by atoms with E-state index in [0.29, 0.717) is 34.3 Å². The van der Waals surface area contributed by atoms with Gasteiger partial charge in [-0.15, -0.1) is 0 Å². The topological polar surface area (TPSA) is 94.5 Å². The second kappa shape index (κ2) is 8.47. The Morgan fingerprint density at radius 2 is 1.79 bits per heavy atom. The van der Waals surface area contributed by atoms with Gasteiger partial charge in [0.2, 0.25) is 5.91 Å². The summed E-state index contributed by atoms with van der Waals surface area (Å²) in [4.78, 5) is 24.2. The number of aryl methyl sites for hydroxylation is 1. The van der Waals surface area contributed by atoms with E-state index in [1.807, 2.05) is 24.3 Å². The van der Waals surface area contributed by atoms with E-state index in [-0.39, 0.29) is 11.8 Å². The third-order valence-corrected chi connectivity index (χ3v) is 4.25. The fraction of sp³-hybridized carbons (Fsp3) is 0.190. The second-order valence-corrected chi connectivity index (χ2v) is 6.32. The summed E-state index contributed by atoms with van der Waals surface area (Å²) in [6.45, 7) is 1.41. The van der Waals surface area contributed by atoms with Crippen LogP contribution in [0.4, 0.5) is 11.4 Å². The van der Waals surface area contributed by atoms with Crippen LogP contribution >= 0.6 is 0 Å². The van der Waals surface area contributed by atoms with Gasteiger partial charge in [-0.1, -0.05) is 12.1 Å². The minimum absolute atomic E-state index is 0.206. The minimum Gasteiger partial charge on any atom is -0.497 e. The molecule has 3 aromatic rings. The van der Waals surface area contributed by atoms with E-state index in [1.165, 1.54) is 18.7 Å². The van der Waals surface area contributed by atoms with Gasteiger partial charge in [0.1, 0.15) is 17.2 Å². The first-order valence-electron chi connectivity index (χ1n) is 8.86. The quantitative estimate of drug-likeness (QED) is 0.669. The summed E-state index contributed by atoms with van der Waals surface area (Å²) >= 11 is 0. The molecule has 0 spiro atoms. The van der Waals surface area contributed by atoms with Gasteiger partial charge in [-0.2, -0.15) is 5.10 Å².